The highest BCUT2D eigenvalue weighted by molar-refractivity contribution is 5.73. The van der Waals surface area contributed by atoms with E-state index in [2.05, 4.69) is 18.8 Å². The standard InChI is InChI=1S/C26H30N4O2/c1-17(2)15-28-25(31)23-24(27-16-29(23)19(5)21-9-7-6-8-10-21)30(26(28)32)22-13-11-20(12-14-22)18(3)4/h6-14,16-19H,15H2,1-5H3. The van der Waals surface area contributed by atoms with Gasteiger partial charge in [0.25, 0.3) is 5.56 Å². The van der Waals surface area contributed by atoms with Gasteiger partial charge in [-0.2, -0.15) is 0 Å². The van der Waals surface area contributed by atoms with E-state index in [0.29, 0.717) is 29.3 Å². The zero-order chi connectivity index (χ0) is 23.0. The molecule has 0 radical (unpaired) electrons. The first-order valence-electron chi connectivity index (χ1n) is 11.2. The molecule has 0 fully saturated rings. The lowest BCUT2D eigenvalue weighted by atomic mass is 10.0. The Bertz CT molecular complexity index is 1340. The third-order valence-electron chi connectivity index (χ3n) is 5.92. The molecule has 0 aliphatic rings. The van der Waals surface area contributed by atoms with Crippen LogP contribution in [0.3, 0.4) is 0 Å². The Balaban J connectivity index is 2.00. The van der Waals surface area contributed by atoms with E-state index in [1.54, 1.807) is 10.9 Å². The average molecular weight is 431 g/mol. The van der Waals surface area contributed by atoms with Crippen molar-refractivity contribution in [2.75, 3.05) is 0 Å². The van der Waals surface area contributed by atoms with Crippen LogP contribution >= 0.6 is 0 Å². The van der Waals surface area contributed by atoms with Gasteiger partial charge in [0, 0.05) is 6.54 Å². The second kappa shape index (κ2) is 8.61. The number of nitrogens with zero attached hydrogens (tertiary/aromatic N) is 4. The first-order chi connectivity index (χ1) is 15.3. The molecule has 0 aliphatic carbocycles. The third kappa shape index (κ3) is 3.81. The van der Waals surface area contributed by atoms with Gasteiger partial charge in [0.05, 0.1) is 18.1 Å². The van der Waals surface area contributed by atoms with Gasteiger partial charge in [-0.25, -0.2) is 14.3 Å². The van der Waals surface area contributed by atoms with Gasteiger partial charge >= 0.3 is 5.69 Å². The van der Waals surface area contributed by atoms with Crippen LogP contribution in [0.15, 0.2) is 70.5 Å². The van der Waals surface area contributed by atoms with Crippen LogP contribution in [0.2, 0.25) is 0 Å². The number of fused-ring (bicyclic) bond motifs is 1. The Morgan fingerprint density at radius 3 is 2.09 bits per heavy atom. The summed E-state index contributed by atoms with van der Waals surface area (Å²) in [6.45, 7) is 10.7. The number of hydrogen-bond acceptors (Lipinski definition) is 3. The van der Waals surface area contributed by atoms with Crippen LogP contribution < -0.4 is 11.2 Å². The molecule has 1 unspecified atom stereocenters. The van der Waals surface area contributed by atoms with Crippen LogP contribution in [0, 0.1) is 5.92 Å². The first kappa shape index (κ1) is 21.8. The van der Waals surface area contributed by atoms with E-state index < -0.39 is 0 Å². The fourth-order valence-electron chi connectivity index (χ4n) is 4.10. The molecule has 2 aromatic carbocycles. The van der Waals surface area contributed by atoms with Crippen LogP contribution in [0.4, 0.5) is 0 Å². The van der Waals surface area contributed by atoms with Gasteiger partial charge in [-0.05, 0) is 42.0 Å². The highest BCUT2D eigenvalue weighted by atomic mass is 16.2. The number of imidazole rings is 1. The molecule has 0 amide bonds. The van der Waals surface area contributed by atoms with Gasteiger partial charge in [0.1, 0.15) is 0 Å². The zero-order valence-electron chi connectivity index (χ0n) is 19.3. The Morgan fingerprint density at radius 2 is 1.50 bits per heavy atom. The second-order valence-corrected chi connectivity index (χ2v) is 9.08. The molecule has 6 heteroatoms. The monoisotopic (exact) mass is 430 g/mol. The van der Waals surface area contributed by atoms with Crippen molar-refractivity contribution < 1.29 is 0 Å². The predicted molar refractivity (Wildman–Crippen MR) is 129 cm³/mol. The molecule has 6 nitrogen and oxygen atoms in total. The van der Waals surface area contributed by atoms with Crippen LogP contribution in [-0.4, -0.2) is 18.7 Å². The summed E-state index contributed by atoms with van der Waals surface area (Å²) in [4.78, 5) is 31.6. The largest absolute Gasteiger partial charge is 0.337 e. The molecular formula is C26H30N4O2. The minimum atomic E-state index is -0.355. The van der Waals surface area contributed by atoms with Gasteiger partial charge in [-0.1, -0.05) is 70.2 Å². The Kier molecular flexibility index (Phi) is 5.87. The van der Waals surface area contributed by atoms with E-state index in [9.17, 15) is 9.59 Å². The molecule has 1 atom stereocenters. The summed E-state index contributed by atoms with van der Waals surface area (Å²) in [6.07, 6.45) is 1.67. The van der Waals surface area contributed by atoms with Crippen molar-refractivity contribution in [3.05, 3.63) is 92.9 Å². The Labute approximate surface area is 187 Å². The van der Waals surface area contributed by atoms with Crippen LogP contribution in [0.1, 0.15) is 57.7 Å². The molecular weight excluding hydrogens is 400 g/mol. The first-order valence-corrected chi connectivity index (χ1v) is 11.2. The SMILES string of the molecule is CC(C)Cn1c(=O)c2c(ncn2C(C)c2ccccc2)n(-c2ccc(C(C)C)cc2)c1=O. The van der Waals surface area contributed by atoms with E-state index >= 15 is 0 Å². The fourth-order valence-corrected chi connectivity index (χ4v) is 4.10. The van der Waals surface area contributed by atoms with E-state index in [-0.39, 0.29) is 23.2 Å². The molecule has 4 rings (SSSR count). The molecule has 0 saturated heterocycles. The van der Waals surface area contributed by atoms with Crippen molar-refractivity contribution in [2.45, 2.75) is 53.1 Å². The van der Waals surface area contributed by atoms with Crippen LogP contribution in [0.25, 0.3) is 16.9 Å². The van der Waals surface area contributed by atoms with Crippen molar-refractivity contribution in [2.24, 2.45) is 5.92 Å². The topological polar surface area (TPSA) is 61.8 Å². The Hall–Kier alpha value is -3.41. The molecule has 0 N–H and O–H groups in total. The Morgan fingerprint density at radius 1 is 0.844 bits per heavy atom. The van der Waals surface area contributed by atoms with Crippen LogP contribution in [0.5, 0.6) is 0 Å². The van der Waals surface area contributed by atoms with Crippen molar-refractivity contribution in [3.8, 4) is 5.69 Å². The molecule has 166 valence electrons. The highest BCUT2D eigenvalue weighted by Gasteiger charge is 2.22. The van der Waals surface area contributed by atoms with Crippen molar-refractivity contribution in [3.63, 3.8) is 0 Å². The molecule has 0 bridgehead atoms. The molecule has 2 heterocycles. The molecule has 0 saturated carbocycles. The van der Waals surface area contributed by atoms with Gasteiger partial charge in [0.2, 0.25) is 0 Å². The summed E-state index contributed by atoms with van der Waals surface area (Å²) in [7, 11) is 0. The molecule has 0 aliphatic heterocycles. The average Bonchev–Trinajstić information content (AvgIpc) is 3.22. The zero-order valence-corrected chi connectivity index (χ0v) is 19.3. The van der Waals surface area contributed by atoms with Gasteiger partial charge < -0.3 is 4.57 Å². The summed E-state index contributed by atoms with van der Waals surface area (Å²) >= 11 is 0. The summed E-state index contributed by atoms with van der Waals surface area (Å²) in [5.41, 5.74) is 3.15. The summed E-state index contributed by atoms with van der Waals surface area (Å²) in [5, 5.41) is 0. The summed E-state index contributed by atoms with van der Waals surface area (Å²) in [5.74, 6) is 0.541. The van der Waals surface area contributed by atoms with E-state index in [0.717, 1.165) is 5.56 Å². The minimum Gasteiger partial charge on any atom is -0.317 e. The lowest BCUT2D eigenvalue weighted by Gasteiger charge is -2.17. The number of hydrogen-bond donors (Lipinski definition) is 0. The number of aromatic nitrogens is 4. The second-order valence-electron chi connectivity index (χ2n) is 9.08. The summed E-state index contributed by atoms with van der Waals surface area (Å²) < 4.78 is 4.79. The van der Waals surface area contributed by atoms with Gasteiger partial charge in [-0.15, -0.1) is 0 Å². The maximum absolute atomic E-state index is 13.5. The minimum absolute atomic E-state index is 0.101. The molecule has 32 heavy (non-hydrogen) atoms. The van der Waals surface area contributed by atoms with Crippen LogP contribution in [-0.2, 0) is 6.54 Å². The fraction of sp³-hybridized carbons (Fsp3) is 0.346. The molecule has 0 spiro atoms. The van der Waals surface area contributed by atoms with E-state index in [4.69, 9.17) is 0 Å². The quantitative estimate of drug-likeness (QED) is 0.444. The number of benzene rings is 2. The van der Waals surface area contributed by atoms with E-state index in [1.807, 2.05) is 79.9 Å². The third-order valence-corrected chi connectivity index (χ3v) is 5.92. The normalized spacial score (nSPS) is 12.7. The number of rotatable bonds is 6. The maximum Gasteiger partial charge on any atom is 0.337 e. The van der Waals surface area contributed by atoms with Crippen molar-refractivity contribution in [1.29, 1.82) is 0 Å². The molecule has 4 aromatic rings. The van der Waals surface area contributed by atoms with Gasteiger partial charge in [-0.3, -0.25) is 9.36 Å². The lowest BCUT2D eigenvalue weighted by molar-refractivity contribution is 0.488. The van der Waals surface area contributed by atoms with Crippen molar-refractivity contribution >= 4 is 11.2 Å². The lowest BCUT2D eigenvalue weighted by Crippen LogP contribution is -2.41. The van der Waals surface area contributed by atoms with Gasteiger partial charge in [0.15, 0.2) is 11.2 Å². The summed E-state index contributed by atoms with van der Waals surface area (Å²) in [6, 6.07) is 17.8. The molecule has 2 aromatic heterocycles. The predicted octanol–water partition coefficient (Wildman–Crippen LogP) is 4.74. The maximum atomic E-state index is 13.5. The smallest absolute Gasteiger partial charge is 0.317 e. The van der Waals surface area contributed by atoms with E-state index in [1.165, 1.54) is 10.1 Å². The highest BCUT2D eigenvalue weighted by Crippen LogP contribution is 2.23. The van der Waals surface area contributed by atoms with Crippen molar-refractivity contribution in [1.82, 2.24) is 18.7 Å².